The van der Waals surface area contributed by atoms with E-state index in [2.05, 4.69) is 5.10 Å². The number of hydrogen-bond donors (Lipinski definition) is 1. The molecule has 0 bridgehead atoms. The van der Waals surface area contributed by atoms with Gasteiger partial charge in [-0.05, 0) is 42.0 Å². The number of para-hydroxylation sites is 1. The van der Waals surface area contributed by atoms with Crippen molar-refractivity contribution < 1.29 is 27.6 Å². The lowest BCUT2D eigenvalue weighted by Gasteiger charge is -2.15. The first-order valence-corrected chi connectivity index (χ1v) is 11.2. The number of methoxy groups -OCH3 is 1. The van der Waals surface area contributed by atoms with Gasteiger partial charge in [-0.25, -0.2) is 4.68 Å². The summed E-state index contributed by atoms with van der Waals surface area (Å²) in [5, 5.41) is 34.8. The normalized spacial score (nSPS) is 11.4. The van der Waals surface area contributed by atoms with Crippen molar-refractivity contribution in [2.24, 2.45) is 0 Å². The molecule has 0 aliphatic carbocycles. The van der Waals surface area contributed by atoms with Crippen molar-refractivity contribution in [1.82, 2.24) is 9.78 Å². The van der Waals surface area contributed by atoms with Crippen molar-refractivity contribution in [3.63, 3.8) is 0 Å². The molecule has 4 rings (SSSR count). The van der Waals surface area contributed by atoms with E-state index >= 15 is 0 Å². The number of nitrogen functional groups attached to an aromatic ring is 1. The number of rotatable bonds is 7. The number of nitrogens with zero attached hydrogens (tertiary/aromatic N) is 5. The molecule has 2 N–H and O–H groups in total. The summed E-state index contributed by atoms with van der Waals surface area (Å²) in [7, 11) is 1.26. The second-order valence-corrected chi connectivity index (χ2v) is 8.09. The zero-order valence-electron chi connectivity index (χ0n) is 20.5. The number of hydrogen-bond acceptors (Lipinski definition) is 8. The van der Waals surface area contributed by atoms with Crippen LogP contribution in [0.2, 0.25) is 0 Å². The number of benzene rings is 3. The zero-order valence-corrected chi connectivity index (χ0v) is 20.5. The van der Waals surface area contributed by atoms with Crippen molar-refractivity contribution in [3.8, 4) is 35.1 Å². The van der Waals surface area contributed by atoms with Crippen molar-refractivity contribution >= 4 is 23.2 Å². The van der Waals surface area contributed by atoms with E-state index in [4.69, 9.17) is 15.2 Å². The molecule has 0 aliphatic rings. The Labute approximate surface area is 224 Å². The van der Waals surface area contributed by atoms with Gasteiger partial charge < -0.3 is 15.2 Å². The Bertz CT molecular complexity index is 1720. The Kier molecular flexibility index (Phi) is 7.41. The minimum absolute atomic E-state index is 0.00681. The number of halogens is 3. The second-order valence-electron chi connectivity index (χ2n) is 8.09. The number of nitrogens with two attached hydrogens (primary N) is 1. The van der Waals surface area contributed by atoms with Gasteiger partial charge in [-0.15, -0.1) is 0 Å². The second kappa shape index (κ2) is 10.9. The molecule has 0 saturated heterocycles. The Morgan fingerprint density at radius 3 is 2.38 bits per heavy atom. The number of anilines is 1. The summed E-state index contributed by atoms with van der Waals surface area (Å²) in [6, 6.07) is 19.0. The molecule has 4 aromatic rings. The molecule has 0 spiro atoms. The van der Waals surface area contributed by atoms with Crippen LogP contribution in [0.3, 0.4) is 0 Å². The smallest absolute Gasteiger partial charge is 0.420 e. The number of aromatic nitrogens is 2. The first kappa shape index (κ1) is 27.2. The molecule has 0 unspecified atom stereocenters. The molecule has 0 radical (unpaired) electrons. The van der Waals surface area contributed by atoms with Crippen LogP contribution in [0.25, 0.3) is 17.3 Å². The van der Waals surface area contributed by atoms with E-state index in [1.165, 1.54) is 36.1 Å². The maximum Gasteiger partial charge on any atom is 0.420 e. The van der Waals surface area contributed by atoms with Gasteiger partial charge in [0.25, 0.3) is 5.69 Å². The number of nitriles is 2. The van der Waals surface area contributed by atoms with Crippen LogP contribution >= 0.6 is 0 Å². The Morgan fingerprint density at radius 1 is 1.07 bits per heavy atom. The van der Waals surface area contributed by atoms with Crippen LogP contribution < -0.4 is 15.2 Å². The highest BCUT2D eigenvalue weighted by Crippen LogP contribution is 2.42. The van der Waals surface area contributed by atoms with Gasteiger partial charge in [0.1, 0.15) is 40.5 Å². The monoisotopic (exact) mass is 546 g/mol. The fourth-order valence-electron chi connectivity index (χ4n) is 3.73. The lowest BCUT2D eigenvalue weighted by Crippen LogP contribution is -2.08. The van der Waals surface area contributed by atoms with Crippen LogP contribution in [-0.2, 0) is 6.18 Å². The van der Waals surface area contributed by atoms with Gasteiger partial charge in [0.05, 0.1) is 23.3 Å². The minimum Gasteiger partial charge on any atom is -0.493 e. The molecule has 1 aromatic heterocycles. The number of non-ortho nitro benzene ring substituents is 1. The molecule has 0 atom stereocenters. The number of nitro groups is 1. The Balaban J connectivity index is 1.73. The van der Waals surface area contributed by atoms with Gasteiger partial charge in [0.2, 0.25) is 0 Å². The van der Waals surface area contributed by atoms with E-state index in [0.29, 0.717) is 17.3 Å². The quantitative estimate of drug-likeness (QED) is 0.165. The third-order valence-electron chi connectivity index (χ3n) is 5.61. The van der Waals surface area contributed by atoms with Gasteiger partial charge >= 0.3 is 6.18 Å². The predicted octanol–water partition coefficient (Wildman–Crippen LogP) is 6.12. The SMILES string of the molecule is COc1cc(C=C(C#N)c2nn(-c3ccccc3)c(N)c2C#N)ccc1Oc1ccc([N+](=O)[O-])cc1C(F)(F)F. The average molecular weight is 546 g/mol. The molecule has 13 heteroatoms. The Morgan fingerprint density at radius 2 is 1.77 bits per heavy atom. The number of allylic oxidation sites excluding steroid dienone is 1. The van der Waals surface area contributed by atoms with E-state index in [9.17, 15) is 33.8 Å². The van der Waals surface area contributed by atoms with Crippen molar-refractivity contribution in [3.05, 3.63) is 99.2 Å². The molecule has 0 amide bonds. The maximum atomic E-state index is 13.6. The summed E-state index contributed by atoms with van der Waals surface area (Å²) in [4.78, 5) is 10.0. The maximum absolute atomic E-state index is 13.6. The summed E-state index contributed by atoms with van der Waals surface area (Å²) in [5.74, 6) is -0.743. The summed E-state index contributed by atoms with van der Waals surface area (Å²) >= 11 is 0. The van der Waals surface area contributed by atoms with Crippen LogP contribution in [0.15, 0.2) is 66.7 Å². The summed E-state index contributed by atoms with van der Waals surface area (Å²) in [6.45, 7) is 0. The summed E-state index contributed by atoms with van der Waals surface area (Å²) in [6.07, 6.45) is -3.53. The molecule has 1 heterocycles. The van der Waals surface area contributed by atoms with Crippen LogP contribution in [0, 0.1) is 32.8 Å². The van der Waals surface area contributed by atoms with Gasteiger partial charge in [-0.2, -0.15) is 28.8 Å². The lowest BCUT2D eigenvalue weighted by molar-refractivity contribution is -0.385. The molecule has 0 fully saturated rings. The minimum atomic E-state index is -4.93. The van der Waals surface area contributed by atoms with Gasteiger partial charge in [0.15, 0.2) is 11.5 Å². The molecule has 3 aromatic carbocycles. The van der Waals surface area contributed by atoms with E-state index in [-0.39, 0.29) is 34.1 Å². The largest absolute Gasteiger partial charge is 0.493 e. The number of alkyl halides is 3. The lowest BCUT2D eigenvalue weighted by atomic mass is 10.1. The predicted molar refractivity (Wildman–Crippen MR) is 137 cm³/mol. The van der Waals surface area contributed by atoms with E-state index in [1.807, 2.05) is 12.1 Å². The standard InChI is InChI=1S/C27H17F3N6O4/c1-39-24-12-16(7-9-23(24)40-22-10-8-19(36(37)38)13-21(22)27(28,29)30)11-17(14-31)25-20(15-32)26(33)35(34-25)18-5-3-2-4-6-18/h2-13H,33H2,1H3. The fraction of sp³-hybridized carbons (Fsp3) is 0.0741. The first-order chi connectivity index (χ1) is 19.1. The van der Waals surface area contributed by atoms with Crippen molar-refractivity contribution in [2.75, 3.05) is 12.8 Å². The van der Waals surface area contributed by atoms with Crippen molar-refractivity contribution in [1.29, 1.82) is 10.5 Å². The third kappa shape index (κ3) is 5.39. The molecule has 40 heavy (non-hydrogen) atoms. The fourth-order valence-corrected chi connectivity index (χ4v) is 3.73. The summed E-state index contributed by atoms with van der Waals surface area (Å²) < 4.78 is 52.8. The average Bonchev–Trinajstić information content (AvgIpc) is 3.28. The van der Waals surface area contributed by atoms with E-state index in [1.54, 1.807) is 30.3 Å². The van der Waals surface area contributed by atoms with E-state index in [0.717, 1.165) is 12.1 Å². The highest BCUT2D eigenvalue weighted by atomic mass is 19.4. The van der Waals surface area contributed by atoms with Gasteiger partial charge in [-0.1, -0.05) is 24.3 Å². The topological polar surface area (TPSA) is 153 Å². The number of nitro benzene ring substituents is 1. The summed E-state index contributed by atoms with van der Waals surface area (Å²) in [5.41, 5.74) is 5.00. The van der Waals surface area contributed by atoms with Crippen LogP contribution in [0.1, 0.15) is 22.4 Å². The van der Waals surface area contributed by atoms with E-state index < -0.39 is 28.1 Å². The van der Waals surface area contributed by atoms with Crippen molar-refractivity contribution in [2.45, 2.75) is 6.18 Å². The third-order valence-corrected chi connectivity index (χ3v) is 5.61. The molecule has 10 nitrogen and oxygen atoms in total. The highest BCUT2D eigenvalue weighted by molar-refractivity contribution is 5.91. The van der Waals surface area contributed by atoms with Crippen LogP contribution in [-0.4, -0.2) is 21.8 Å². The Hall–Kier alpha value is -5.82. The zero-order chi connectivity index (χ0) is 29.0. The molecular formula is C27H17F3N6O4. The molecule has 0 saturated carbocycles. The molecular weight excluding hydrogens is 529 g/mol. The first-order valence-electron chi connectivity index (χ1n) is 11.2. The number of ether oxygens (including phenoxy) is 2. The van der Waals surface area contributed by atoms with Crippen LogP contribution in [0.4, 0.5) is 24.7 Å². The molecule has 200 valence electrons. The molecule has 0 aliphatic heterocycles. The van der Waals surface area contributed by atoms with Gasteiger partial charge in [0, 0.05) is 12.1 Å². The van der Waals surface area contributed by atoms with Crippen LogP contribution in [0.5, 0.6) is 17.2 Å². The van der Waals surface area contributed by atoms with Gasteiger partial charge in [-0.3, -0.25) is 10.1 Å². The highest BCUT2D eigenvalue weighted by Gasteiger charge is 2.36.